The molecule has 2 aromatic carbocycles. The summed E-state index contributed by atoms with van der Waals surface area (Å²) in [6.07, 6.45) is 2.30. The van der Waals surface area contributed by atoms with Crippen LogP contribution in [0.4, 0.5) is 0 Å². The molecule has 0 bridgehead atoms. The van der Waals surface area contributed by atoms with Gasteiger partial charge < -0.3 is 20.9 Å². The summed E-state index contributed by atoms with van der Waals surface area (Å²) in [4.78, 5) is 15.7. The minimum Gasteiger partial charge on any atom is -0.351 e. The monoisotopic (exact) mass is 376 g/mol. The molecule has 1 amide bonds. The van der Waals surface area contributed by atoms with Crippen molar-refractivity contribution in [3.63, 3.8) is 0 Å². The normalized spacial score (nSPS) is 15.0. The van der Waals surface area contributed by atoms with Crippen molar-refractivity contribution in [2.45, 2.75) is 25.8 Å². The van der Waals surface area contributed by atoms with Crippen molar-refractivity contribution in [1.29, 1.82) is 0 Å². The zero-order valence-corrected chi connectivity index (χ0v) is 16.3. The first-order valence-corrected chi connectivity index (χ1v) is 10.1. The predicted molar refractivity (Wildman–Crippen MR) is 115 cm³/mol. The lowest BCUT2D eigenvalue weighted by Gasteiger charge is -2.23. The van der Waals surface area contributed by atoms with E-state index in [4.69, 9.17) is 0 Å². The lowest BCUT2D eigenvalue weighted by molar-refractivity contribution is 0.0949. The molecule has 0 aliphatic carbocycles. The summed E-state index contributed by atoms with van der Waals surface area (Å²) in [5, 5.41) is 10.9. The second-order valence-corrected chi connectivity index (χ2v) is 7.59. The third-order valence-corrected chi connectivity index (χ3v) is 5.43. The van der Waals surface area contributed by atoms with Crippen LogP contribution in [0.15, 0.2) is 48.5 Å². The molecule has 1 aliphatic heterocycles. The van der Waals surface area contributed by atoms with Gasteiger partial charge in [-0.3, -0.25) is 4.79 Å². The topological polar surface area (TPSA) is 69.0 Å². The molecule has 0 spiro atoms. The first-order chi connectivity index (χ1) is 13.7. The van der Waals surface area contributed by atoms with Gasteiger partial charge in [-0.1, -0.05) is 42.0 Å². The summed E-state index contributed by atoms with van der Waals surface area (Å²) >= 11 is 0. The Morgan fingerprint density at radius 2 is 1.75 bits per heavy atom. The number of amides is 1. The summed E-state index contributed by atoms with van der Waals surface area (Å²) < 4.78 is 0. The molecule has 0 saturated carbocycles. The zero-order valence-electron chi connectivity index (χ0n) is 16.3. The fraction of sp³-hybridized carbons (Fsp3) is 0.348. The van der Waals surface area contributed by atoms with E-state index < -0.39 is 0 Å². The number of carbonyl (C=O) groups excluding carboxylic acids is 1. The lowest BCUT2D eigenvalue weighted by atomic mass is 10.0. The summed E-state index contributed by atoms with van der Waals surface area (Å²) in [5.74, 6) is -0.0554. The predicted octanol–water partition coefficient (Wildman–Crippen LogP) is 3.21. The van der Waals surface area contributed by atoms with Crippen molar-refractivity contribution in [1.82, 2.24) is 20.9 Å². The van der Waals surface area contributed by atoms with Gasteiger partial charge in [0.05, 0.1) is 0 Å². The van der Waals surface area contributed by atoms with Gasteiger partial charge in [0.1, 0.15) is 5.69 Å². The number of piperidine rings is 1. The van der Waals surface area contributed by atoms with Crippen molar-refractivity contribution >= 4 is 16.8 Å². The number of aromatic amines is 1. The average Bonchev–Trinajstić information content (AvgIpc) is 3.16. The third-order valence-electron chi connectivity index (χ3n) is 5.43. The number of hydrogen-bond donors (Lipinski definition) is 4. The lowest BCUT2D eigenvalue weighted by Crippen LogP contribution is -2.42. The molecule has 1 saturated heterocycles. The molecule has 1 aliphatic rings. The number of carbonyl (C=O) groups is 1. The standard InChI is InChI=1S/C23H28N4O/c1-16-2-4-17(5-3-16)18-6-7-19-15-22(27-21(19)14-18)23(28)26-13-12-25-20-8-10-24-11-9-20/h2-7,14-15,20,24-25,27H,8-13H2,1H3,(H,26,28). The van der Waals surface area contributed by atoms with Crippen molar-refractivity contribution in [2.75, 3.05) is 26.2 Å². The van der Waals surface area contributed by atoms with Crippen LogP contribution in [0.25, 0.3) is 22.0 Å². The highest BCUT2D eigenvalue weighted by Gasteiger charge is 2.13. The SMILES string of the molecule is Cc1ccc(-c2ccc3cc(C(=O)NCCNC4CCNCC4)[nH]c3c2)cc1. The van der Waals surface area contributed by atoms with Crippen molar-refractivity contribution in [3.8, 4) is 11.1 Å². The Bertz CT molecular complexity index is 939. The van der Waals surface area contributed by atoms with E-state index in [9.17, 15) is 4.79 Å². The van der Waals surface area contributed by atoms with Crippen molar-refractivity contribution in [3.05, 3.63) is 59.8 Å². The van der Waals surface area contributed by atoms with E-state index in [-0.39, 0.29) is 5.91 Å². The maximum absolute atomic E-state index is 12.5. The number of H-pyrrole nitrogens is 1. The van der Waals surface area contributed by atoms with Crippen LogP contribution in [0.5, 0.6) is 0 Å². The van der Waals surface area contributed by atoms with Gasteiger partial charge >= 0.3 is 0 Å². The number of benzene rings is 2. The van der Waals surface area contributed by atoms with Crippen LogP contribution in [-0.2, 0) is 0 Å². The highest BCUT2D eigenvalue weighted by atomic mass is 16.1. The van der Waals surface area contributed by atoms with Gasteiger partial charge in [-0.25, -0.2) is 0 Å². The Kier molecular flexibility index (Phi) is 5.74. The molecule has 1 aromatic heterocycles. The van der Waals surface area contributed by atoms with E-state index in [1.165, 1.54) is 11.1 Å². The molecule has 3 aromatic rings. The van der Waals surface area contributed by atoms with E-state index >= 15 is 0 Å². The van der Waals surface area contributed by atoms with Crippen molar-refractivity contribution < 1.29 is 4.79 Å². The molecule has 0 unspecified atom stereocenters. The number of hydrogen-bond acceptors (Lipinski definition) is 3. The number of fused-ring (bicyclic) bond motifs is 1. The Balaban J connectivity index is 1.36. The van der Waals surface area contributed by atoms with Crippen LogP contribution < -0.4 is 16.0 Å². The van der Waals surface area contributed by atoms with Crippen LogP contribution in [0.2, 0.25) is 0 Å². The second kappa shape index (κ2) is 8.59. The third kappa shape index (κ3) is 4.43. The van der Waals surface area contributed by atoms with E-state index in [2.05, 4.69) is 70.3 Å². The average molecular weight is 377 g/mol. The maximum Gasteiger partial charge on any atom is 0.267 e. The molecule has 5 nitrogen and oxygen atoms in total. The number of rotatable bonds is 6. The fourth-order valence-electron chi connectivity index (χ4n) is 3.75. The Labute approximate surface area is 165 Å². The quantitative estimate of drug-likeness (QED) is 0.500. The van der Waals surface area contributed by atoms with Gasteiger partial charge in [-0.05, 0) is 56.1 Å². The maximum atomic E-state index is 12.5. The summed E-state index contributed by atoms with van der Waals surface area (Å²) in [7, 11) is 0. The molecule has 2 heterocycles. The molecule has 0 radical (unpaired) electrons. The Morgan fingerprint density at radius 1 is 1.00 bits per heavy atom. The molecular formula is C23H28N4O. The minimum absolute atomic E-state index is 0.0554. The summed E-state index contributed by atoms with van der Waals surface area (Å²) in [6, 6.07) is 17.2. The molecule has 5 heteroatoms. The number of aryl methyl sites for hydroxylation is 1. The second-order valence-electron chi connectivity index (χ2n) is 7.59. The molecule has 1 fully saturated rings. The van der Waals surface area contributed by atoms with Gasteiger partial charge in [0, 0.05) is 30.0 Å². The smallest absolute Gasteiger partial charge is 0.267 e. The Hall–Kier alpha value is -2.63. The van der Waals surface area contributed by atoms with Gasteiger partial charge in [0.2, 0.25) is 0 Å². The minimum atomic E-state index is -0.0554. The number of nitrogens with one attached hydrogen (secondary N) is 4. The molecule has 4 N–H and O–H groups in total. The summed E-state index contributed by atoms with van der Waals surface area (Å²) in [6.45, 7) is 5.67. The van der Waals surface area contributed by atoms with Crippen LogP contribution >= 0.6 is 0 Å². The first-order valence-electron chi connectivity index (χ1n) is 10.1. The highest BCUT2D eigenvalue weighted by molar-refractivity contribution is 5.98. The Morgan fingerprint density at radius 3 is 2.54 bits per heavy atom. The van der Waals surface area contributed by atoms with Gasteiger partial charge in [-0.15, -0.1) is 0 Å². The zero-order chi connectivity index (χ0) is 19.3. The summed E-state index contributed by atoms with van der Waals surface area (Å²) in [5.41, 5.74) is 5.16. The van der Waals surface area contributed by atoms with Gasteiger partial charge in [0.25, 0.3) is 5.91 Å². The van der Waals surface area contributed by atoms with E-state index in [0.717, 1.165) is 48.9 Å². The van der Waals surface area contributed by atoms with Crippen molar-refractivity contribution in [2.24, 2.45) is 0 Å². The first kappa shape index (κ1) is 18.7. The van der Waals surface area contributed by atoms with Crippen LogP contribution in [0, 0.1) is 6.92 Å². The highest BCUT2D eigenvalue weighted by Crippen LogP contribution is 2.25. The van der Waals surface area contributed by atoms with E-state index in [1.54, 1.807) is 0 Å². The molecule has 0 atom stereocenters. The van der Waals surface area contributed by atoms with E-state index in [1.807, 2.05) is 6.07 Å². The fourth-order valence-corrected chi connectivity index (χ4v) is 3.75. The number of aromatic nitrogens is 1. The van der Waals surface area contributed by atoms with E-state index in [0.29, 0.717) is 18.3 Å². The van der Waals surface area contributed by atoms with Crippen LogP contribution in [0.3, 0.4) is 0 Å². The largest absolute Gasteiger partial charge is 0.351 e. The van der Waals surface area contributed by atoms with Gasteiger partial charge in [0.15, 0.2) is 0 Å². The van der Waals surface area contributed by atoms with Crippen LogP contribution in [-0.4, -0.2) is 43.1 Å². The van der Waals surface area contributed by atoms with Crippen LogP contribution in [0.1, 0.15) is 28.9 Å². The molecule has 4 rings (SSSR count). The van der Waals surface area contributed by atoms with Gasteiger partial charge in [-0.2, -0.15) is 0 Å². The molecule has 146 valence electrons. The molecular weight excluding hydrogens is 348 g/mol. The molecule has 28 heavy (non-hydrogen) atoms.